The van der Waals surface area contributed by atoms with Crippen molar-refractivity contribution in [2.24, 2.45) is 0 Å². The summed E-state index contributed by atoms with van der Waals surface area (Å²) < 4.78 is 0. The molecule has 0 aliphatic heterocycles. The van der Waals surface area contributed by atoms with Crippen molar-refractivity contribution in [1.29, 1.82) is 0 Å². The number of hydrogen-bond donors (Lipinski definition) is 1. The zero-order valence-electron chi connectivity index (χ0n) is 19.7. The number of aryl methyl sites for hydroxylation is 1. The van der Waals surface area contributed by atoms with Crippen LogP contribution in [0.4, 0.5) is 0 Å². The van der Waals surface area contributed by atoms with Gasteiger partial charge >= 0.3 is 0 Å². The van der Waals surface area contributed by atoms with Crippen LogP contribution in [0.2, 0.25) is 0 Å². The van der Waals surface area contributed by atoms with Gasteiger partial charge in [0.1, 0.15) is 0 Å². The minimum atomic E-state index is 0.871. The standard InChI is InChI=1S/C26H34O.C2H6/c1-7-23(21(6)15-16-27)26(22-13-10-11-19(4)17-22)25(18(2)3)24-14-9-8-12-20(24)5;1-2/h10-11,13,15-17,27H,6-9,12,14H2,1-5H3;1-2H3/b16-15+,26-23-;. The maximum absolute atomic E-state index is 9.33. The molecule has 1 nitrogen and oxygen atoms in total. The summed E-state index contributed by atoms with van der Waals surface area (Å²) in [5.41, 5.74) is 11.6. The highest BCUT2D eigenvalue weighted by Gasteiger charge is 2.22. The molecule has 1 aromatic rings. The normalized spacial score (nSPS) is 14.9. The Morgan fingerprint density at radius 2 is 1.72 bits per heavy atom. The Kier molecular flexibility index (Phi) is 10.5. The van der Waals surface area contributed by atoms with E-state index in [1.165, 1.54) is 63.8 Å². The fourth-order valence-corrected chi connectivity index (χ4v) is 4.12. The summed E-state index contributed by atoms with van der Waals surface area (Å²) in [5, 5.41) is 9.33. The van der Waals surface area contributed by atoms with E-state index in [2.05, 4.69) is 65.5 Å². The molecule has 29 heavy (non-hydrogen) atoms. The summed E-state index contributed by atoms with van der Waals surface area (Å²) in [6, 6.07) is 8.74. The van der Waals surface area contributed by atoms with Crippen LogP contribution in [0.25, 0.3) is 5.57 Å². The molecule has 0 radical (unpaired) electrons. The summed E-state index contributed by atoms with van der Waals surface area (Å²) in [4.78, 5) is 0. The molecule has 0 unspecified atom stereocenters. The maximum Gasteiger partial charge on any atom is 0.0797 e. The van der Waals surface area contributed by atoms with Crippen LogP contribution in [0.15, 0.2) is 76.6 Å². The summed E-state index contributed by atoms with van der Waals surface area (Å²) in [7, 11) is 0. The molecule has 0 spiro atoms. The van der Waals surface area contributed by atoms with E-state index in [1.54, 1.807) is 6.08 Å². The van der Waals surface area contributed by atoms with Crippen molar-refractivity contribution in [2.45, 2.75) is 80.6 Å². The van der Waals surface area contributed by atoms with Gasteiger partial charge in [0.2, 0.25) is 0 Å². The van der Waals surface area contributed by atoms with Gasteiger partial charge < -0.3 is 5.11 Å². The Morgan fingerprint density at radius 1 is 1.07 bits per heavy atom. The predicted octanol–water partition coefficient (Wildman–Crippen LogP) is 9.04. The van der Waals surface area contributed by atoms with Gasteiger partial charge in [-0.3, -0.25) is 0 Å². The molecule has 0 bridgehead atoms. The first kappa shape index (κ1) is 24.8. The molecule has 1 heteroatoms. The number of aliphatic hydroxyl groups excluding tert-OH is 1. The van der Waals surface area contributed by atoms with Gasteiger partial charge in [0.15, 0.2) is 0 Å². The van der Waals surface area contributed by atoms with Crippen molar-refractivity contribution >= 4 is 5.57 Å². The first-order valence-corrected chi connectivity index (χ1v) is 11.1. The molecular weight excluding hydrogens is 352 g/mol. The zero-order chi connectivity index (χ0) is 22.0. The van der Waals surface area contributed by atoms with Crippen LogP contribution in [0.5, 0.6) is 0 Å². The molecule has 0 saturated heterocycles. The van der Waals surface area contributed by atoms with Gasteiger partial charge in [0.25, 0.3) is 0 Å². The molecule has 0 aromatic heterocycles. The zero-order valence-corrected chi connectivity index (χ0v) is 19.7. The van der Waals surface area contributed by atoms with Gasteiger partial charge in [-0.05, 0) is 99.3 Å². The molecular formula is C28H40O. The van der Waals surface area contributed by atoms with Crippen molar-refractivity contribution in [3.63, 3.8) is 0 Å². The molecule has 0 atom stereocenters. The van der Waals surface area contributed by atoms with Crippen molar-refractivity contribution < 1.29 is 5.11 Å². The summed E-state index contributed by atoms with van der Waals surface area (Å²) in [6.07, 6.45) is 8.54. The molecule has 0 saturated carbocycles. The topological polar surface area (TPSA) is 20.2 Å². The predicted molar refractivity (Wildman–Crippen MR) is 130 cm³/mol. The summed E-state index contributed by atoms with van der Waals surface area (Å²) in [5.74, 6) is 0. The molecule has 1 aliphatic rings. The molecule has 0 fully saturated rings. The van der Waals surface area contributed by atoms with Crippen LogP contribution in [-0.2, 0) is 0 Å². The summed E-state index contributed by atoms with van der Waals surface area (Å²) >= 11 is 0. The van der Waals surface area contributed by atoms with E-state index < -0.39 is 0 Å². The van der Waals surface area contributed by atoms with E-state index >= 15 is 0 Å². The largest absolute Gasteiger partial charge is 0.516 e. The number of benzene rings is 1. The van der Waals surface area contributed by atoms with Gasteiger partial charge in [-0.1, -0.05) is 68.3 Å². The lowest BCUT2D eigenvalue weighted by Crippen LogP contribution is -2.07. The first-order valence-electron chi connectivity index (χ1n) is 11.1. The monoisotopic (exact) mass is 392 g/mol. The molecule has 1 N–H and O–H groups in total. The lowest BCUT2D eigenvalue weighted by Gasteiger charge is -2.27. The number of hydrogen-bond acceptors (Lipinski definition) is 1. The number of rotatable bonds is 6. The van der Waals surface area contributed by atoms with E-state index in [4.69, 9.17) is 0 Å². The summed E-state index contributed by atoms with van der Waals surface area (Å²) in [6.45, 7) is 19.3. The Labute approximate surface area is 179 Å². The number of aliphatic hydroxyl groups is 1. The fraction of sp³-hybridized carbons (Fsp3) is 0.429. The molecule has 0 amide bonds. The number of allylic oxidation sites excluding steroid dienone is 8. The van der Waals surface area contributed by atoms with Gasteiger partial charge in [0, 0.05) is 0 Å². The highest BCUT2D eigenvalue weighted by molar-refractivity contribution is 5.89. The van der Waals surface area contributed by atoms with Crippen molar-refractivity contribution in [1.82, 2.24) is 0 Å². The van der Waals surface area contributed by atoms with Crippen LogP contribution in [0.1, 0.15) is 84.8 Å². The van der Waals surface area contributed by atoms with Gasteiger partial charge in [-0.2, -0.15) is 0 Å². The molecule has 1 aliphatic carbocycles. The minimum absolute atomic E-state index is 0.871. The first-order chi connectivity index (χ1) is 13.9. The lowest BCUT2D eigenvalue weighted by molar-refractivity contribution is 0.473. The van der Waals surface area contributed by atoms with Crippen molar-refractivity contribution in [2.75, 3.05) is 0 Å². The highest BCUT2D eigenvalue weighted by Crippen LogP contribution is 2.42. The third-order valence-corrected chi connectivity index (χ3v) is 5.42. The quantitative estimate of drug-likeness (QED) is 0.378. The minimum Gasteiger partial charge on any atom is -0.516 e. The lowest BCUT2D eigenvalue weighted by atomic mass is 9.78. The Hall–Kier alpha value is -2.28. The van der Waals surface area contributed by atoms with Gasteiger partial charge in [0.05, 0.1) is 6.26 Å². The van der Waals surface area contributed by atoms with Crippen LogP contribution < -0.4 is 0 Å². The third-order valence-electron chi connectivity index (χ3n) is 5.42. The van der Waals surface area contributed by atoms with Crippen molar-refractivity contribution in [3.05, 3.63) is 87.7 Å². The molecule has 0 heterocycles. The Morgan fingerprint density at radius 3 is 2.24 bits per heavy atom. The Bertz CT molecular complexity index is 824. The second-order valence-corrected chi connectivity index (χ2v) is 7.76. The third kappa shape index (κ3) is 6.35. The molecule has 1 aromatic carbocycles. The Balaban J connectivity index is 0.00000204. The fourth-order valence-electron chi connectivity index (χ4n) is 4.12. The van der Waals surface area contributed by atoms with E-state index in [0.717, 1.165) is 24.7 Å². The van der Waals surface area contributed by atoms with Gasteiger partial charge in [-0.15, -0.1) is 0 Å². The molecule has 158 valence electrons. The SMILES string of the molecule is C=C(/C=C/O)/C(CC)=C(\C(=C(C)C)C1=C(C)CCCC1)c1cccc(C)c1.CC. The van der Waals surface area contributed by atoms with Crippen LogP contribution in [0, 0.1) is 6.92 Å². The highest BCUT2D eigenvalue weighted by atomic mass is 16.2. The van der Waals surface area contributed by atoms with E-state index in [-0.39, 0.29) is 0 Å². The average molecular weight is 393 g/mol. The van der Waals surface area contributed by atoms with Crippen LogP contribution >= 0.6 is 0 Å². The van der Waals surface area contributed by atoms with E-state index in [1.807, 2.05) is 13.8 Å². The van der Waals surface area contributed by atoms with E-state index in [0.29, 0.717) is 0 Å². The van der Waals surface area contributed by atoms with Crippen LogP contribution in [0.3, 0.4) is 0 Å². The molecule has 2 rings (SSSR count). The van der Waals surface area contributed by atoms with E-state index in [9.17, 15) is 5.11 Å². The van der Waals surface area contributed by atoms with Crippen LogP contribution in [-0.4, -0.2) is 5.11 Å². The average Bonchev–Trinajstić information content (AvgIpc) is 2.70. The second-order valence-electron chi connectivity index (χ2n) is 7.76. The smallest absolute Gasteiger partial charge is 0.0797 e. The van der Waals surface area contributed by atoms with Crippen molar-refractivity contribution in [3.8, 4) is 0 Å². The van der Waals surface area contributed by atoms with Gasteiger partial charge in [-0.25, -0.2) is 0 Å². The second kappa shape index (κ2) is 12.3. The maximum atomic E-state index is 9.33.